The molecule has 55 heavy (non-hydrogen) atoms. The molecule has 6 rings (SSSR count). The van der Waals surface area contributed by atoms with Crippen LogP contribution in [0.5, 0.6) is 0 Å². The Hall–Kier alpha value is -0.436. The minimum Gasteiger partial charge on any atom is -1.00 e. The SMILES string of the molecule is C.C.Cc1ccc(N2CCCC2=O)c(Cl)c1.O=C1CCCN1.O=C1CCCN1c1ccc([N+](=O)[O-])cc1Cl.O=CO[O-].O=[N+]([O-])c1ccc(Cl)c(Cl)c1.[Cs+].[Cs+].[H-].[HH]. The maximum atomic E-state index is 11.5. The van der Waals surface area contributed by atoms with Crippen LogP contribution >= 0.6 is 46.4 Å². The fourth-order valence-electron chi connectivity index (χ4n) is 4.63. The summed E-state index contributed by atoms with van der Waals surface area (Å²) in [4.78, 5) is 67.3. The number of benzene rings is 3. The van der Waals surface area contributed by atoms with Crippen molar-refractivity contribution in [2.24, 2.45) is 0 Å². The summed E-state index contributed by atoms with van der Waals surface area (Å²) in [6.07, 6.45) is 4.64. The number of amides is 3. The first-order valence-corrected chi connectivity index (χ1v) is 16.6. The minimum absolute atomic E-state index is 0. The van der Waals surface area contributed by atoms with Crippen LogP contribution in [0.25, 0.3) is 0 Å². The molecular formula is C34H43Cl4Cs2N5O10. The van der Waals surface area contributed by atoms with Gasteiger partial charge < -0.3 is 26.7 Å². The second-order valence-electron chi connectivity index (χ2n) is 10.6. The van der Waals surface area contributed by atoms with Crippen LogP contribution in [-0.4, -0.2) is 53.7 Å². The number of carbonyl (C=O) groups is 4. The molecule has 3 amide bonds. The first-order chi connectivity index (χ1) is 24.2. The molecule has 0 radical (unpaired) electrons. The van der Waals surface area contributed by atoms with Gasteiger partial charge in [-0.3, -0.25) is 39.4 Å². The average Bonchev–Trinajstić information content (AvgIpc) is 3.86. The summed E-state index contributed by atoms with van der Waals surface area (Å²) < 4.78 is 0. The van der Waals surface area contributed by atoms with Gasteiger partial charge in [-0.05, 0) is 56.0 Å². The second kappa shape index (κ2) is 31.5. The normalized spacial score (nSPS) is 13.3. The van der Waals surface area contributed by atoms with E-state index in [0.717, 1.165) is 50.0 Å². The minimum atomic E-state index is -0.526. The quantitative estimate of drug-likeness (QED) is 0.170. The molecule has 3 aromatic rings. The van der Waals surface area contributed by atoms with E-state index in [-0.39, 0.29) is 201 Å². The molecule has 21 heteroatoms. The number of nitrogens with one attached hydrogen (secondary N) is 1. The molecule has 0 aromatic heterocycles. The Morgan fingerprint density at radius 3 is 1.47 bits per heavy atom. The van der Waals surface area contributed by atoms with E-state index in [9.17, 15) is 34.6 Å². The molecule has 0 spiro atoms. The first kappa shape index (κ1) is 58.9. The molecule has 3 fully saturated rings. The number of nitrogens with zero attached hydrogens (tertiary/aromatic N) is 4. The van der Waals surface area contributed by atoms with Crippen molar-refractivity contribution in [2.75, 3.05) is 29.4 Å². The second-order valence-corrected chi connectivity index (χ2v) is 12.3. The standard InChI is InChI=1S/C11H12ClNO.C10H9ClN2O3.C6H3Cl2NO2.C4H7NO.CH2O3.2CH4.2Cs.H2.H/c1-8-4-5-10(9(12)7-8)13-6-2-3-11(13)14;11-8-6-7(13(15)16)3-4-9(8)12-5-1-2-10(12)14;7-5-2-1-4(9(10)11)3-6(5)8;6-4-2-1-3-5-4;2-1-4-3;;;;;;/h4-5,7H,2-3,6H2,1H3;3-4,6H,1-2,5H2;1-3H;1-3H2,(H,5,6);1,3H;2*1H4;;;1H;/q;;;;;;;2*+1;;-1/p-1. The summed E-state index contributed by atoms with van der Waals surface area (Å²) in [6.45, 7) is 4.11. The number of hydrogen-bond acceptors (Lipinski definition) is 10. The van der Waals surface area contributed by atoms with Gasteiger partial charge in [0.05, 0.1) is 41.3 Å². The van der Waals surface area contributed by atoms with Gasteiger partial charge in [-0.2, -0.15) is 0 Å². The van der Waals surface area contributed by atoms with Gasteiger partial charge in [-0.15, -0.1) is 0 Å². The van der Waals surface area contributed by atoms with E-state index in [1.54, 1.807) is 9.80 Å². The van der Waals surface area contributed by atoms with Gasteiger partial charge >= 0.3 is 138 Å². The van der Waals surface area contributed by atoms with Crippen molar-refractivity contribution < 1.29 is 180 Å². The van der Waals surface area contributed by atoms with E-state index in [2.05, 4.69) is 10.2 Å². The van der Waals surface area contributed by atoms with Crippen molar-refractivity contribution >= 4 is 93.3 Å². The zero-order chi connectivity index (χ0) is 38.1. The maximum absolute atomic E-state index is 11.5. The van der Waals surface area contributed by atoms with Crippen LogP contribution in [0.2, 0.25) is 20.1 Å². The number of non-ortho nitro benzene ring substituents is 2. The number of hydrogen-bond donors (Lipinski definition) is 1. The molecule has 0 unspecified atom stereocenters. The topological polar surface area (TPSA) is 205 Å². The van der Waals surface area contributed by atoms with Crippen molar-refractivity contribution in [1.29, 1.82) is 0 Å². The van der Waals surface area contributed by atoms with Crippen LogP contribution in [0.1, 0.15) is 61.8 Å². The fourth-order valence-corrected chi connectivity index (χ4v) is 5.53. The average molecular weight is 1090 g/mol. The molecule has 3 aliphatic heterocycles. The summed E-state index contributed by atoms with van der Waals surface area (Å²) in [5, 5.41) is 33.2. The number of carbonyl (C=O) groups excluding carboxylic acids is 4. The molecule has 0 saturated carbocycles. The van der Waals surface area contributed by atoms with Crippen molar-refractivity contribution in [2.45, 2.75) is 60.3 Å². The van der Waals surface area contributed by atoms with Crippen molar-refractivity contribution in [3.8, 4) is 0 Å². The molecule has 1 N–H and O–H groups in total. The molecule has 15 nitrogen and oxygen atoms in total. The molecule has 3 saturated heterocycles. The maximum Gasteiger partial charge on any atom is 1.00 e. The van der Waals surface area contributed by atoms with Gasteiger partial charge in [0.15, 0.2) is 0 Å². The fraction of sp³-hybridized carbons (Fsp3) is 0.353. The van der Waals surface area contributed by atoms with Crippen LogP contribution in [0.4, 0.5) is 22.7 Å². The van der Waals surface area contributed by atoms with E-state index < -0.39 is 9.85 Å². The predicted molar refractivity (Wildman–Crippen MR) is 207 cm³/mol. The summed E-state index contributed by atoms with van der Waals surface area (Å²) >= 11 is 23.1. The zero-order valence-corrected chi connectivity index (χ0v) is 44.6. The number of rotatable bonds is 5. The van der Waals surface area contributed by atoms with Gasteiger partial charge in [0.25, 0.3) is 17.8 Å². The van der Waals surface area contributed by atoms with Crippen LogP contribution in [0.15, 0.2) is 54.6 Å². The van der Waals surface area contributed by atoms with Crippen LogP contribution in [0.3, 0.4) is 0 Å². The third-order valence-electron chi connectivity index (χ3n) is 7.03. The van der Waals surface area contributed by atoms with Gasteiger partial charge in [-0.1, -0.05) is 67.3 Å². The Morgan fingerprint density at radius 2 is 1.16 bits per heavy atom. The Morgan fingerprint density at radius 1 is 0.727 bits per heavy atom. The Labute approximate surface area is 460 Å². The summed E-state index contributed by atoms with van der Waals surface area (Å²) in [5.74, 6) is 0.390. The molecule has 3 heterocycles. The van der Waals surface area contributed by atoms with Gasteiger partial charge in [0.2, 0.25) is 17.7 Å². The monoisotopic (exact) mass is 1090 g/mol. The number of nitro groups is 2. The van der Waals surface area contributed by atoms with Gasteiger partial charge in [0.1, 0.15) is 0 Å². The van der Waals surface area contributed by atoms with E-state index >= 15 is 0 Å². The van der Waals surface area contributed by atoms with Crippen molar-refractivity contribution in [3.63, 3.8) is 0 Å². The third-order valence-corrected chi connectivity index (χ3v) is 8.37. The molecule has 0 aliphatic carbocycles. The van der Waals surface area contributed by atoms with E-state index in [1.165, 1.54) is 36.4 Å². The van der Waals surface area contributed by atoms with Crippen LogP contribution in [0, 0.1) is 27.2 Å². The van der Waals surface area contributed by atoms with E-state index in [0.29, 0.717) is 35.1 Å². The zero-order valence-electron chi connectivity index (χ0n) is 30.0. The molecule has 0 bridgehead atoms. The van der Waals surface area contributed by atoms with Crippen LogP contribution in [-0.2, 0) is 24.1 Å². The van der Waals surface area contributed by atoms with Gasteiger partial charge in [-0.25, -0.2) is 0 Å². The summed E-state index contributed by atoms with van der Waals surface area (Å²) in [7, 11) is 0. The smallest absolute Gasteiger partial charge is 1.00 e. The molecular weight excluding hydrogens is 1050 g/mol. The molecule has 3 aromatic carbocycles. The number of nitro benzene ring substituents is 2. The molecule has 0 atom stereocenters. The molecule has 294 valence electrons. The van der Waals surface area contributed by atoms with Crippen molar-refractivity contribution in [1.82, 2.24) is 5.32 Å². The number of anilines is 2. The van der Waals surface area contributed by atoms with Gasteiger partial charge in [0, 0.05) is 64.6 Å². The Kier molecular flexibility index (Phi) is 33.7. The number of halogens is 4. The molecule has 3 aliphatic rings. The number of aryl methyl sites for hydroxylation is 1. The predicted octanol–water partition coefficient (Wildman–Crippen LogP) is 2.02. The summed E-state index contributed by atoms with van der Waals surface area (Å²) in [5.41, 5.74) is 2.39. The first-order valence-electron chi connectivity index (χ1n) is 15.1. The van der Waals surface area contributed by atoms with Crippen molar-refractivity contribution in [3.05, 3.63) is 100 Å². The van der Waals surface area contributed by atoms with E-state index in [1.807, 2.05) is 25.1 Å². The largest absolute Gasteiger partial charge is 1.00 e. The Balaban J connectivity index is -0.000000204. The van der Waals surface area contributed by atoms with E-state index in [4.69, 9.17) is 56.5 Å². The third kappa shape index (κ3) is 20.9. The summed E-state index contributed by atoms with van der Waals surface area (Å²) in [6, 6.07) is 13.8. The Bertz CT molecular complexity index is 1750. The van der Waals surface area contributed by atoms with Crippen LogP contribution < -0.4 is 158 Å².